The number of imide groups is 1. The van der Waals surface area contributed by atoms with Crippen LogP contribution in [0.5, 0.6) is 0 Å². The van der Waals surface area contributed by atoms with Crippen molar-refractivity contribution in [3.05, 3.63) is 94.3 Å². The smallest absolute Gasteiger partial charge is 0.250 e. The van der Waals surface area contributed by atoms with Crippen molar-refractivity contribution in [3.63, 3.8) is 0 Å². The van der Waals surface area contributed by atoms with Gasteiger partial charge < -0.3 is 0 Å². The molecule has 3 amide bonds. The standard InChI is InChI=1S/C24H20N3O2/c1-25-22-20(23(28)26(2)24(25)29)19-14-8-10-16-9-6-7-11-17(15-16)21(19)27(22)18-12-4-3-5-13-18/h3-14H,15H2,1-2H3/q+1. The molecule has 1 aromatic carbocycles. The molecular weight excluding hydrogens is 362 g/mol. The molecule has 0 N–H and O–H groups in total. The van der Waals surface area contributed by atoms with Gasteiger partial charge in [0.1, 0.15) is 16.6 Å². The molecule has 5 heteroatoms. The van der Waals surface area contributed by atoms with Crippen molar-refractivity contribution in [1.82, 2.24) is 14.0 Å². The summed E-state index contributed by atoms with van der Waals surface area (Å²) in [5.41, 5.74) is 5.23. The number of aromatic nitrogens is 1. The molecule has 5 nitrogen and oxygen atoms in total. The van der Waals surface area contributed by atoms with Crippen molar-refractivity contribution in [2.75, 3.05) is 14.1 Å². The second-order valence-corrected chi connectivity index (χ2v) is 7.36. The molecule has 2 heterocycles. The molecule has 0 atom stereocenters. The lowest BCUT2D eigenvalue weighted by Gasteiger charge is -2.15. The van der Waals surface area contributed by atoms with Crippen LogP contribution < -0.4 is 15.4 Å². The molecular formula is C24H20N3O2+. The Kier molecular flexibility index (Phi) is 3.84. The van der Waals surface area contributed by atoms with E-state index in [4.69, 9.17) is 0 Å². The first-order valence-corrected chi connectivity index (χ1v) is 9.56. The second kappa shape index (κ2) is 6.41. The van der Waals surface area contributed by atoms with Crippen molar-refractivity contribution >= 4 is 23.6 Å². The fourth-order valence-corrected chi connectivity index (χ4v) is 4.22. The SMILES string of the molecule is CN1C(=O)c2c3c(n(-c4ccccc4)c2=[N+](C)C1=O)=C1C=CC=CC(=CC=C3)C1. The quantitative estimate of drug-likeness (QED) is 0.711. The average molecular weight is 382 g/mol. The van der Waals surface area contributed by atoms with Gasteiger partial charge in [0.2, 0.25) is 0 Å². The minimum Gasteiger partial charge on any atom is -0.250 e. The zero-order valence-corrected chi connectivity index (χ0v) is 16.3. The number of benzene rings is 1. The maximum Gasteiger partial charge on any atom is 0.445 e. The fourth-order valence-electron chi connectivity index (χ4n) is 4.22. The molecule has 2 aliphatic carbocycles. The Hall–Kier alpha value is -3.73. The second-order valence-electron chi connectivity index (χ2n) is 7.36. The normalized spacial score (nSPS) is 17.6. The minimum atomic E-state index is -0.337. The summed E-state index contributed by atoms with van der Waals surface area (Å²) < 4.78 is 3.61. The van der Waals surface area contributed by atoms with E-state index in [2.05, 4.69) is 18.2 Å². The maximum absolute atomic E-state index is 13.2. The summed E-state index contributed by atoms with van der Waals surface area (Å²) in [6.45, 7) is 0. The van der Waals surface area contributed by atoms with E-state index in [0.29, 0.717) is 11.1 Å². The third kappa shape index (κ3) is 2.51. The zero-order chi connectivity index (χ0) is 20.1. The molecule has 0 saturated heterocycles. The third-order valence-corrected chi connectivity index (χ3v) is 5.60. The van der Waals surface area contributed by atoms with Crippen LogP contribution in [0.3, 0.4) is 0 Å². The minimum absolute atomic E-state index is 0.278. The van der Waals surface area contributed by atoms with Gasteiger partial charge in [-0.2, -0.15) is 9.48 Å². The molecule has 1 aliphatic heterocycles. The summed E-state index contributed by atoms with van der Waals surface area (Å²) in [6.07, 6.45) is 15.0. The Morgan fingerprint density at radius 3 is 2.52 bits per heavy atom. The highest BCUT2D eigenvalue weighted by Gasteiger charge is 2.39. The number of carbonyl (C=O) groups is 2. The summed E-state index contributed by atoms with van der Waals surface area (Å²) in [4.78, 5) is 27.1. The lowest BCUT2D eigenvalue weighted by atomic mass is 9.99. The Bertz CT molecular complexity index is 1320. The van der Waals surface area contributed by atoms with Crippen LogP contribution in [-0.4, -0.2) is 35.5 Å². The zero-order valence-electron chi connectivity index (χ0n) is 16.3. The summed E-state index contributed by atoms with van der Waals surface area (Å²) in [6, 6.07) is 9.55. The van der Waals surface area contributed by atoms with Gasteiger partial charge >= 0.3 is 11.9 Å². The predicted molar refractivity (Wildman–Crippen MR) is 113 cm³/mol. The highest BCUT2D eigenvalue weighted by molar-refractivity contribution is 6.08. The third-order valence-electron chi connectivity index (χ3n) is 5.60. The molecule has 3 aliphatic rings. The van der Waals surface area contributed by atoms with E-state index in [1.165, 1.54) is 17.5 Å². The highest BCUT2D eigenvalue weighted by atomic mass is 16.2. The lowest BCUT2D eigenvalue weighted by molar-refractivity contribution is 0.0813. The summed E-state index contributed by atoms with van der Waals surface area (Å²) in [5, 5.41) is 0.950. The van der Waals surface area contributed by atoms with Crippen LogP contribution >= 0.6 is 0 Å². The molecule has 0 spiro atoms. The molecule has 0 radical (unpaired) electrons. The van der Waals surface area contributed by atoms with E-state index in [1.54, 1.807) is 11.6 Å². The molecule has 2 aromatic rings. The maximum atomic E-state index is 13.2. The average Bonchev–Trinajstić information content (AvgIpc) is 2.88. The van der Waals surface area contributed by atoms with Crippen molar-refractivity contribution < 1.29 is 9.59 Å². The van der Waals surface area contributed by atoms with Crippen molar-refractivity contribution in [3.8, 4) is 5.69 Å². The number of amides is 3. The monoisotopic (exact) mass is 382 g/mol. The Morgan fingerprint density at radius 1 is 0.966 bits per heavy atom. The van der Waals surface area contributed by atoms with E-state index >= 15 is 0 Å². The van der Waals surface area contributed by atoms with E-state index < -0.39 is 0 Å². The van der Waals surface area contributed by atoms with E-state index in [1.807, 2.05) is 59.2 Å². The molecule has 2 bridgehead atoms. The molecule has 0 fully saturated rings. The van der Waals surface area contributed by atoms with Crippen LogP contribution in [0, 0.1) is 0 Å². The van der Waals surface area contributed by atoms with Gasteiger partial charge in [-0.3, -0.25) is 0 Å². The number of hydrogen-bond acceptors (Lipinski definition) is 2. The van der Waals surface area contributed by atoms with Crippen LogP contribution in [0.1, 0.15) is 22.3 Å². The first-order chi connectivity index (χ1) is 14.1. The van der Waals surface area contributed by atoms with Crippen LogP contribution in [0.2, 0.25) is 0 Å². The number of hydrogen-bond donors (Lipinski definition) is 0. The molecule has 5 rings (SSSR count). The number of nitrogens with zero attached hydrogens (tertiary/aromatic N) is 3. The Labute approximate surface area is 168 Å². The van der Waals surface area contributed by atoms with E-state index in [-0.39, 0.29) is 11.9 Å². The molecule has 1 aromatic heterocycles. The first-order valence-electron chi connectivity index (χ1n) is 9.56. The topological polar surface area (TPSA) is 45.3 Å². The molecule has 29 heavy (non-hydrogen) atoms. The molecule has 142 valence electrons. The van der Waals surface area contributed by atoms with Gasteiger partial charge in [-0.15, -0.1) is 0 Å². The lowest BCUT2D eigenvalue weighted by Crippen LogP contribution is -2.53. The van der Waals surface area contributed by atoms with Gasteiger partial charge in [0.15, 0.2) is 0 Å². The number of carbonyl (C=O) groups excluding carboxylic acids is 2. The Morgan fingerprint density at radius 2 is 1.72 bits per heavy atom. The highest BCUT2D eigenvalue weighted by Crippen LogP contribution is 2.23. The largest absolute Gasteiger partial charge is 0.445 e. The van der Waals surface area contributed by atoms with Gasteiger partial charge in [0.25, 0.3) is 5.49 Å². The van der Waals surface area contributed by atoms with Crippen LogP contribution in [0.25, 0.3) is 17.3 Å². The summed E-state index contributed by atoms with van der Waals surface area (Å²) in [7, 11) is 3.25. The van der Waals surface area contributed by atoms with Gasteiger partial charge in [0.05, 0.1) is 14.1 Å². The molecule has 0 unspecified atom stereocenters. The predicted octanol–water partition coefficient (Wildman–Crippen LogP) is 2.42. The Balaban J connectivity index is 2.06. The van der Waals surface area contributed by atoms with Crippen LogP contribution in [-0.2, 0) is 0 Å². The van der Waals surface area contributed by atoms with Gasteiger partial charge in [-0.25, -0.2) is 14.2 Å². The number of rotatable bonds is 1. The van der Waals surface area contributed by atoms with E-state index in [0.717, 1.165) is 28.6 Å². The molecule has 0 saturated carbocycles. The number of fused-ring (bicyclic) bond motifs is 5. The number of urea groups is 1. The summed E-state index contributed by atoms with van der Waals surface area (Å²) >= 11 is 0. The van der Waals surface area contributed by atoms with Gasteiger partial charge in [-0.05, 0) is 23.3 Å². The first kappa shape index (κ1) is 17.4. The number of allylic oxidation sites excluding steroid dienone is 7. The van der Waals surface area contributed by atoms with Crippen LogP contribution in [0.15, 0.2) is 72.4 Å². The van der Waals surface area contributed by atoms with E-state index in [9.17, 15) is 9.59 Å². The summed E-state index contributed by atoms with van der Waals surface area (Å²) in [5.74, 6) is -0.278. The van der Waals surface area contributed by atoms with Crippen molar-refractivity contribution in [1.29, 1.82) is 0 Å². The van der Waals surface area contributed by atoms with Gasteiger partial charge in [0, 0.05) is 12.0 Å². The van der Waals surface area contributed by atoms with Gasteiger partial charge in [-0.1, -0.05) is 60.7 Å². The fraction of sp³-hybridized carbons (Fsp3) is 0.125. The van der Waals surface area contributed by atoms with Crippen molar-refractivity contribution in [2.45, 2.75) is 6.42 Å². The number of para-hydroxylation sites is 1. The van der Waals surface area contributed by atoms with Crippen molar-refractivity contribution in [2.24, 2.45) is 0 Å². The van der Waals surface area contributed by atoms with Crippen LogP contribution in [0.4, 0.5) is 4.79 Å².